The van der Waals surface area contributed by atoms with Crippen LogP contribution in [-0.2, 0) is 4.74 Å². The molecule has 0 radical (unpaired) electrons. The summed E-state index contributed by atoms with van der Waals surface area (Å²) >= 11 is 4.77. The second-order valence-electron chi connectivity index (χ2n) is 4.40. The first-order valence-electron chi connectivity index (χ1n) is 6.28. The lowest BCUT2D eigenvalue weighted by Crippen LogP contribution is -2.10. The molecule has 4 nitrogen and oxygen atoms in total. The Bertz CT molecular complexity index is 767. The Morgan fingerprint density at radius 2 is 2.00 bits per heavy atom. The van der Waals surface area contributed by atoms with Gasteiger partial charge in [-0.3, -0.25) is 0 Å². The minimum atomic E-state index is -0.541. The summed E-state index contributed by atoms with van der Waals surface area (Å²) < 4.78 is 5.72. The van der Waals surface area contributed by atoms with E-state index in [0.29, 0.717) is 10.5 Å². The van der Waals surface area contributed by atoms with Gasteiger partial charge in [0.1, 0.15) is 6.07 Å². The van der Waals surface area contributed by atoms with Gasteiger partial charge in [0.2, 0.25) is 0 Å². The number of nitrogens with two attached hydrogens (primary N) is 1. The molecule has 2 N–H and O–H groups in total. The first-order valence-corrected chi connectivity index (χ1v) is 8.30. The second-order valence-corrected chi connectivity index (χ2v) is 6.16. The minimum absolute atomic E-state index is 0.152. The van der Waals surface area contributed by atoms with Crippen LogP contribution in [0.3, 0.4) is 0 Å². The van der Waals surface area contributed by atoms with Crippen LogP contribution in [0.1, 0.15) is 15.9 Å². The highest BCUT2D eigenvalue weighted by Gasteiger charge is 2.22. The van der Waals surface area contributed by atoms with Gasteiger partial charge in [0.05, 0.1) is 23.9 Å². The van der Waals surface area contributed by atoms with Crippen LogP contribution in [0.5, 0.6) is 0 Å². The first kappa shape index (κ1) is 16.4. The lowest BCUT2D eigenvalue weighted by atomic mass is 9.96. The number of nitrogens with zero attached hydrogens (tertiary/aromatic N) is 1. The molecule has 0 saturated carbocycles. The molecule has 0 bridgehead atoms. The van der Waals surface area contributed by atoms with Crippen molar-refractivity contribution >= 4 is 39.3 Å². The average molecular weight is 377 g/mol. The molecule has 0 saturated heterocycles. The number of ether oxygens (including phenoxy) is 1. The highest BCUT2D eigenvalue weighted by molar-refractivity contribution is 9.10. The number of hydrogen-bond donors (Lipinski definition) is 1. The van der Waals surface area contributed by atoms with Gasteiger partial charge >= 0.3 is 5.97 Å². The number of nitrogen functional groups attached to an aromatic ring is 1. The molecule has 0 aliphatic heterocycles. The van der Waals surface area contributed by atoms with Gasteiger partial charge in [0, 0.05) is 14.9 Å². The van der Waals surface area contributed by atoms with Gasteiger partial charge in [-0.1, -0.05) is 28.1 Å². The summed E-state index contributed by atoms with van der Waals surface area (Å²) in [6, 6.07) is 11.5. The minimum Gasteiger partial charge on any atom is -0.465 e. The molecule has 2 aromatic rings. The van der Waals surface area contributed by atoms with Crippen molar-refractivity contribution in [3.8, 4) is 17.2 Å². The Labute approximate surface area is 141 Å². The molecule has 2 aromatic carbocycles. The monoisotopic (exact) mass is 376 g/mol. The van der Waals surface area contributed by atoms with Crippen LogP contribution in [0.4, 0.5) is 5.69 Å². The van der Waals surface area contributed by atoms with Crippen LogP contribution < -0.4 is 5.73 Å². The number of hydrogen-bond acceptors (Lipinski definition) is 5. The summed E-state index contributed by atoms with van der Waals surface area (Å²) in [5, 5.41) is 9.46. The van der Waals surface area contributed by atoms with Gasteiger partial charge in [-0.25, -0.2) is 4.79 Å². The maximum atomic E-state index is 11.9. The van der Waals surface area contributed by atoms with Crippen molar-refractivity contribution in [2.75, 3.05) is 19.1 Å². The molecule has 6 heteroatoms. The zero-order valence-corrected chi connectivity index (χ0v) is 14.4. The van der Waals surface area contributed by atoms with Gasteiger partial charge in [-0.15, -0.1) is 11.8 Å². The van der Waals surface area contributed by atoms with E-state index in [1.807, 2.05) is 30.5 Å². The molecule has 2 rings (SSSR count). The smallest absolute Gasteiger partial charge is 0.341 e. The quantitative estimate of drug-likeness (QED) is 0.496. The number of methoxy groups -OCH3 is 1. The summed E-state index contributed by atoms with van der Waals surface area (Å²) in [4.78, 5) is 12.6. The lowest BCUT2D eigenvalue weighted by molar-refractivity contribution is 0.0598. The fraction of sp³-hybridized carbons (Fsp3) is 0.125. The third-order valence-electron chi connectivity index (χ3n) is 3.21. The van der Waals surface area contributed by atoms with Crippen LogP contribution in [0, 0.1) is 11.3 Å². The Morgan fingerprint density at radius 3 is 2.50 bits per heavy atom. The fourth-order valence-electron chi connectivity index (χ4n) is 2.13. The third-order valence-corrected chi connectivity index (χ3v) is 4.50. The van der Waals surface area contributed by atoms with Crippen molar-refractivity contribution < 1.29 is 9.53 Å². The van der Waals surface area contributed by atoms with E-state index in [4.69, 9.17) is 10.5 Å². The SMILES string of the molecule is COC(=O)c1c(SC)cc(-c2ccc(Br)cc2)c(C#N)c1N. The number of rotatable bonds is 3. The summed E-state index contributed by atoms with van der Waals surface area (Å²) in [5.74, 6) is -0.541. The first-order chi connectivity index (χ1) is 10.5. The normalized spacial score (nSPS) is 10.1. The molecule has 22 heavy (non-hydrogen) atoms. The van der Waals surface area contributed by atoms with Gasteiger partial charge in [0.25, 0.3) is 0 Å². The van der Waals surface area contributed by atoms with E-state index in [0.717, 1.165) is 10.0 Å². The zero-order valence-electron chi connectivity index (χ0n) is 12.0. The van der Waals surface area contributed by atoms with E-state index in [1.165, 1.54) is 18.9 Å². The van der Waals surface area contributed by atoms with Crippen molar-refractivity contribution in [1.82, 2.24) is 0 Å². The van der Waals surface area contributed by atoms with Crippen molar-refractivity contribution in [2.45, 2.75) is 4.90 Å². The molecule has 0 unspecified atom stereocenters. The van der Waals surface area contributed by atoms with Crippen molar-refractivity contribution in [2.24, 2.45) is 0 Å². The van der Waals surface area contributed by atoms with Crippen molar-refractivity contribution in [3.63, 3.8) is 0 Å². The molecule has 0 aromatic heterocycles. The predicted molar refractivity (Wildman–Crippen MR) is 91.8 cm³/mol. The molecule has 0 fully saturated rings. The Hall–Kier alpha value is -1.97. The largest absolute Gasteiger partial charge is 0.465 e. The summed E-state index contributed by atoms with van der Waals surface area (Å²) in [5.41, 5.74) is 8.30. The Balaban J connectivity index is 2.76. The molecule has 0 aliphatic rings. The van der Waals surface area contributed by atoms with E-state index in [9.17, 15) is 10.1 Å². The summed E-state index contributed by atoms with van der Waals surface area (Å²) in [6.45, 7) is 0. The van der Waals surface area contributed by atoms with Crippen molar-refractivity contribution in [1.29, 1.82) is 5.26 Å². The number of thioether (sulfide) groups is 1. The van der Waals surface area contributed by atoms with Crippen LogP contribution in [0.2, 0.25) is 0 Å². The molecule has 0 aliphatic carbocycles. The lowest BCUT2D eigenvalue weighted by Gasteiger charge is -2.14. The highest BCUT2D eigenvalue weighted by Crippen LogP contribution is 2.37. The van der Waals surface area contributed by atoms with Gasteiger partial charge in [-0.05, 0) is 30.0 Å². The van der Waals surface area contributed by atoms with E-state index in [-0.39, 0.29) is 16.8 Å². The second kappa shape index (κ2) is 6.86. The van der Waals surface area contributed by atoms with E-state index in [2.05, 4.69) is 22.0 Å². The van der Waals surface area contributed by atoms with E-state index >= 15 is 0 Å². The highest BCUT2D eigenvalue weighted by atomic mass is 79.9. The standard InChI is InChI=1S/C16H13BrN2O2S/c1-21-16(20)14-13(22-2)7-11(12(8-18)15(14)19)9-3-5-10(17)6-4-9/h3-7H,19H2,1-2H3. The average Bonchev–Trinajstić information content (AvgIpc) is 2.54. The van der Waals surface area contributed by atoms with E-state index in [1.54, 1.807) is 6.07 Å². The number of carbonyl (C=O) groups is 1. The third kappa shape index (κ3) is 2.96. The number of halogens is 1. The number of esters is 1. The van der Waals surface area contributed by atoms with Gasteiger partial charge < -0.3 is 10.5 Å². The Kier molecular flexibility index (Phi) is 5.11. The molecule has 112 valence electrons. The number of carbonyl (C=O) groups excluding carboxylic acids is 1. The zero-order chi connectivity index (χ0) is 16.3. The van der Waals surface area contributed by atoms with Crippen LogP contribution in [0.15, 0.2) is 39.7 Å². The topological polar surface area (TPSA) is 76.1 Å². The number of benzene rings is 2. The fourth-order valence-corrected chi connectivity index (χ4v) is 3.03. The van der Waals surface area contributed by atoms with Gasteiger partial charge in [-0.2, -0.15) is 5.26 Å². The maximum Gasteiger partial charge on any atom is 0.341 e. The molecule has 0 atom stereocenters. The van der Waals surface area contributed by atoms with Gasteiger partial charge in [0.15, 0.2) is 0 Å². The summed E-state index contributed by atoms with van der Waals surface area (Å²) in [7, 11) is 1.29. The molecule has 0 amide bonds. The number of nitriles is 1. The molecular formula is C16H13BrN2O2S. The number of anilines is 1. The predicted octanol–water partition coefficient (Wildman–Crippen LogP) is 4.08. The van der Waals surface area contributed by atoms with E-state index < -0.39 is 5.97 Å². The van der Waals surface area contributed by atoms with Crippen LogP contribution in [0.25, 0.3) is 11.1 Å². The maximum absolute atomic E-state index is 11.9. The summed E-state index contributed by atoms with van der Waals surface area (Å²) in [6.07, 6.45) is 1.85. The Morgan fingerprint density at radius 1 is 1.36 bits per heavy atom. The van der Waals surface area contributed by atoms with Crippen LogP contribution in [-0.4, -0.2) is 19.3 Å². The van der Waals surface area contributed by atoms with Crippen molar-refractivity contribution in [3.05, 3.63) is 45.9 Å². The van der Waals surface area contributed by atoms with Crippen LogP contribution >= 0.6 is 27.7 Å². The molecule has 0 heterocycles. The molecule has 0 spiro atoms. The molecular weight excluding hydrogens is 364 g/mol.